The number of halogens is 1. The van der Waals surface area contributed by atoms with Crippen LogP contribution >= 0.6 is 0 Å². The van der Waals surface area contributed by atoms with Crippen LogP contribution in [0.25, 0.3) is 5.57 Å². The number of fused-ring (bicyclic) bond motifs is 1. The lowest BCUT2D eigenvalue weighted by Crippen LogP contribution is -2.45. The number of nitro groups is 1. The molecule has 0 bridgehead atoms. The maximum Gasteiger partial charge on any atom is 0.313 e. The third-order valence-corrected chi connectivity index (χ3v) is 4.90. The van der Waals surface area contributed by atoms with Gasteiger partial charge in [0.1, 0.15) is 5.82 Å². The number of nitrogens with one attached hydrogen (secondary N) is 1. The molecule has 8 heteroatoms. The van der Waals surface area contributed by atoms with Crippen LogP contribution in [0.2, 0.25) is 0 Å². The molecule has 0 unspecified atom stereocenters. The van der Waals surface area contributed by atoms with Gasteiger partial charge in [0, 0.05) is 35.6 Å². The highest BCUT2D eigenvalue weighted by molar-refractivity contribution is 5.88. The summed E-state index contributed by atoms with van der Waals surface area (Å²) < 4.78 is 14.8. The fraction of sp³-hybridized carbons (Fsp3) is 0.333. The van der Waals surface area contributed by atoms with E-state index in [-0.39, 0.29) is 17.0 Å². The third-order valence-electron chi connectivity index (χ3n) is 4.90. The van der Waals surface area contributed by atoms with Crippen molar-refractivity contribution in [2.24, 2.45) is 5.10 Å². The van der Waals surface area contributed by atoms with Crippen LogP contribution < -0.4 is 10.3 Å². The van der Waals surface area contributed by atoms with E-state index in [9.17, 15) is 14.5 Å². The molecular formula is C21H24FN5O2. The van der Waals surface area contributed by atoms with Crippen molar-refractivity contribution in [3.05, 3.63) is 63.6 Å². The first kappa shape index (κ1) is 20.4. The Labute approximate surface area is 169 Å². The summed E-state index contributed by atoms with van der Waals surface area (Å²) in [7, 11) is 0. The molecule has 1 aromatic carbocycles. The van der Waals surface area contributed by atoms with Gasteiger partial charge in [-0.05, 0) is 51.0 Å². The van der Waals surface area contributed by atoms with Gasteiger partial charge in [0.25, 0.3) is 0 Å². The summed E-state index contributed by atoms with van der Waals surface area (Å²) >= 11 is 0. The summed E-state index contributed by atoms with van der Waals surface area (Å²) in [4.78, 5) is 16.6. The standard InChI is InChI=1S/C21H24FN5O2/c1-5-9-26-19-11-17(22)15(10-16(19)14(2)12-21(26,3)4)13-24-25-20-18(27(28)29)7-6-8-23-20/h6-8,10-13H,5,9H2,1-4H3,(H,23,25)/b24-13-. The average molecular weight is 397 g/mol. The molecule has 7 nitrogen and oxygen atoms in total. The normalized spacial score (nSPS) is 15.2. The van der Waals surface area contributed by atoms with Gasteiger partial charge >= 0.3 is 5.69 Å². The summed E-state index contributed by atoms with van der Waals surface area (Å²) in [6.45, 7) is 9.17. The quantitative estimate of drug-likeness (QED) is 0.422. The monoisotopic (exact) mass is 397 g/mol. The molecule has 1 aliphatic heterocycles. The van der Waals surface area contributed by atoms with Gasteiger partial charge in [-0.15, -0.1) is 0 Å². The Morgan fingerprint density at radius 3 is 2.86 bits per heavy atom. The van der Waals surface area contributed by atoms with Crippen molar-refractivity contribution >= 4 is 29.0 Å². The van der Waals surface area contributed by atoms with Gasteiger partial charge in [-0.25, -0.2) is 9.37 Å². The molecule has 1 N–H and O–H groups in total. The first-order valence-corrected chi connectivity index (χ1v) is 9.44. The van der Waals surface area contributed by atoms with Gasteiger partial charge in [0.2, 0.25) is 5.82 Å². The number of nitrogens with zero attached hydrogens (tertiary/aromatic N) is 4. The molecule has 1 aliphatic rings. The number of hydrogen-bond donors (Lipinski definition) is 1. The van der Waals surface area contributed by atoms with Crippen molar-refractivity contribution in [2.45, 2.75) is 39.7 Å². The summed E-state index contributed by atoms with van der Waals surface area (Å²) in [6, 6.07) is 6.08. The van der Waals surface area contributed by atoms with Gasteiger partial charge in [0.05, 0.1) is 16.7 Å². The first-order chi connectivity index (χ1) is 13.7. The molecule has 0 fully saturated rings. The van der Waals surface area contributed by atoms with Crippen molar-refractivity contribution in [1.29, 1.82) is 0 Å². The summed E-state index contributed by atoms with van der Waals surface area (Å²) in [5.41, 5.74) is 5.30. The molecule has 152 valence electrons. The number of anilines is 2. The maximum atomic E-state index is 14.8. The fourth-order valence-electron chi connectivity index (χ4n) is 3.64. The van der Waals surface area contributed by atoms with Crippen LogP contribution in [0.5, 0.6) is 0 Å². The number of allylic oxidation sites excluding steroid dienone is 1. The number of hydrogen-bond acceptors (Lipinski definition) is 6. The summed E-state index contributed by atoms with van der Waals surface area (Å²) in [5, 5.41) is 15.0. The van der Waals surface area contributed by atoms with E-state index in [1.807, 2.05) is 6.92 Å². The molecule has 0 spiro atoms. The van der Waals surface area contributed by atoms with Crippen LogP contribution in [0.4, 0.5) is 21.6 Å². The number of pyridine rings is 1. The Balaban J connectivity index is 1.93. The van der Waals surface area contributed by atoms with E-state index >= 15 is 0 Å². The molecular weight excluding hydrogens is 373 g/mol. The third kappa shape index (κ3) is 4.11. The highest BCUT2D eigenvalue weighted by Crippen LogP contribution is 2.40. The van der Waals surface area contributed by atoms with E-state index < -0.39 is 10.7 Å². The van der Waals surface area contributed by atoms with E-state index in [2.05, 4.69) is 47.3 Å². The Morgan fingerprint density at radius 1 is 1.41 bits per heavy atom. The lowest BCUT2D eigenvalue weighted by molar-refractivity contribution is -0.384. The van der Waals surface area contributed by atoms with E-state index in [4.69, 9.17) is 0 Å². The fourth-order valence-corrected chi connectivity index (χ4v) is 3.64. The smallest absolute Gasteiger partial charge is 0.313 e. The second kappa shape index (κ2) is 7.98. The van der Waals surface area contributed by atoms with Gasteiger partial charge in [-0.1, -0.05) is 13.0 Å². The van der Waals surface area contributed by atoms with E-state index in [1.54, 1.807) is 6.07 Å². The molecule has 0 saturated carbocycles. The number of benzene rings is 1. The molecule has 0 radical (unpaired) electrons. The lowest BCUT2D eigenvalue weighted by Gasteiger charge is -2.43. The minimum atomic E-state index is -0.553. The Morgan fingerprint density at radius 2 is 2.17 bits per heavy atom. The van der Waals surface area contributed by atoms with Crippen molar-refractivity contribution in [3.8, 4) is 0 Å². The Hall–Kier alpha value is -3.29. The van der Waals surface area contributed by atoms with Crippen LogP contribution in [0.3, 0.4) is 0 Å². The van der Waals surface area contributed by atoms with Crippen LogP contribution in [0.1, 0.15) is 45.2 Å². The van der Waals surface area contributed by atoms with Crippen molar-refractivity contribution in [1.82, 2.24) is 4.98 Å². The molecule has 2 aromatic rings. The van der Waals surface area contributed by atoms with E-state index in [0.717, 1.165) is 29.8 Å². The molecule has 1 aromatic heterocycles. The van der Waals surface area contributed by atoms with Gasteiger partial charge in [-0.3, -0.25) is 15.5 Å². The van der Waals surface area contributed by atoms with Crippen LogP contribution in [0, 0.1) is 15.9 Å². The Bertz CT molecular complexity index is 1000. The predicted octanol–water partition coefficient (Wildman–Crippen LogP) is 4.99. The highest BCUT2D eigenvalue weighted by atomic mass is 19.1. The maximum absolute atomic E-state index is 14.8. The predicted molar refractivity (Wildman–Crippen MR) is 114 cm³/mol. The minimum Gasteiger partial charge on any atom is -0.362 e. The summed E-state index contributed by atoms with van der Waals surface area (Å²) in [5.74, 6) is -0.407. The van der Waals surface area contributed by atoms with Crippen molar-refractivity contribution in [3.63, 3.8) is 0 Å². The van der Waals surface area contributed by atoms with Gasteiger partial charge < -0.3 is 4.90 Å². The second-order valence-corrected chi connectivity index (χ2v) is 7.52. The van der Waals surface area contributed by atoms with Crippen molar-refractivity contribution < 1.29 is 9.31 Å². The zero-order valence-electron chi connectivity index (χ0n) is 16.9. The molecule has 29 heavy (non-hydrogen) atoms. The SMILES string of the molecule is CCCN1c2cc(F)c(/C=N\Nc3ncccc3[N+](=O)[O-])cc2C(C)=CC1(C)C. The molecule has 0 amide bonds. The zero-order chi connectivity index (χ0) is 21.2. The highest BCUT2D eigenvalue weighted by Gasteiger charge is 2.31. The average Bonchev–Trinajstić information content (AvgIpc) is 2.66. The molecule has 3 rings (SSSR count). The van der Waals surface area contributed by atoms with Gasteiger partial charge in [-0.2, -0.15) is 5.10 Å². The van der Waals surface area contributed by atoms with E-state index in [0.29, 0.717) is 5.56 Å². The largest absolute Gasteiger partial charge is 0.362 e. The molecule has 2 heterocycles. The molecule has 0 saturated heterocycles. The van der Waals surface area contributed by atoms with Gasteiger partial charge in [0.15, 0.2) is 0 Å². The number of rotatable bonds is 6. The second-order valence-electron chi connectivity index (χ2n) is 7.52. The topological polar surface area (TPSA) is 83.7 Å². The lowest BCUT2D eigenvalue weighted by atomic mass is 9.88. The first-order valence-electron chi connectivity index (χ1n) is 9.44. The van der Waals surface area contributed by atoms with Crippen LogP contribution in [0.15, 0.2) is 41.6 Å². The molecule has 0 atom stereocenters. The van der Waals surface area contributed by atoms with Crippen LogP contribution in [-0.2, 0) is 0 Å². The minimum absolute atomic E-state index is 0.000866. The van der Waals surface area contributed by atoms with Crippen molar-refractivity contribution in [2.75, 3.05) is 16.9 Å². The zero-order valence-corrected chi connectivity index (χ0v) is 16.9. The van der Waals surface area contributed by atoms with Crippen LogP contribution in [-0.4, -0.2) is 28.2 Å². The summed E-state index contributed by atoms with van der Waals surface area (Å²) in [6.07, 6.45) is 5.86. The number of aromatic nitrogens is 1. The number of hydrazone groups is 1. The Kier molecular flexibility index (Phi) is 5.63. The van der Waals surface area contributed by atoms with E-state index in [1.165, 1.54) is 30.6 Å². The molecule has 0 aliphatic carbocycles.